The van der Waals surface area contributed by atoms with Gasteiger partial charge in [0.15, 0.2) is 0 Å². The van der Waals surface area contributed by atoms with E-state index in [4.69, 9.17) is 0 Å². The molecule has 0 bridgehead atoms. The number of benzene rings is 2. The second-order valence-electron chi connectivity index (χ2n) is 4.03. The Bertz CT molecular complexity index is 443. The maximum absolute atomic E-state index is 3.87. The summed E-state index contributed by atoms with van der Waals surface area (Å²) in [5.74, 6) is 0. The first-order valence-electron chi connectivity index (χ1n) is 5.93. The minimum atomic E-state index is -0.461. The minimum absolute atomic E-state index is 0.0436. The molecule has 0 fully saturated rings. The molecule has 0 amide bonds. The lowest BCUT2D eigenvalue weighted by Crippen LogP contribution is -2.23. The van der Waals surface area contributed by atoms with E-state index in [0.717, 1.165) is 6.42 Å². The summed E-state index contributed by atoms with van der Waals surface area (Å²) >= 11 is 7.73. The molecule has 0 spiro atoms. The smallest absolute Gasteiger partial charge is 0.0669 e. The van der Waals surface area contributed by atoms with Gasteiger partial charge in [-0.25, -0.2) is 0 Å². The van der Waals surface area contributed by atoms with Gasteiger partial charge in [-0.1, -0.05) is 99.4 Å². The molecular weight excluding hydrogens is 371 g/mol. The van der Waals surface area contributed by atoms with E-state index in [1.807, 2.05) is 0 Å². The molecule has 2 rings (SSSR count). The van der Waals surface area contributed by atoms with Gasteiger partial charge in [0, 0.05) is 0 Å². The highest BCUT2D eigenvalue weighted by Crippen LogP contribution is 2.58. The summed E-state index contributed by atoms with van der Waals surface area (Å²) in [5, 5.41) is 2.77. The van der Waals surface area contributed by atoms with E-state index in [0.29, 0.717) is 0 Å². The summed E-state index contributed by atoms with van der Waals surface area (Å²) in [6.45, 7) is 2.20. The second-order valence-corrected chi connectivity index (χ2v) is 11.5. The molecule has 2 aromatic carbocycles. The fourth-order valence-electron chi connectivity index (χ4n) is 1.84. The number of rotatable bonds is 4. The molecule has 0 aliphatic carbocycles. The number of halogens is 2. The van der Waals surface area contributed by atoms with Gasteiger partial charge in [0.05, 0.1) is 0 Å². The van der Waals surface area contributed by atoms with E-state index < -0.39 is 7.92 Å². The van der Waals surface area contributed by atoms with Gasteiger partial charge in [-0.05, 0) is 25.0 Å². The van der Waals surface area contributed by atoms with E-state index in [9.17, 15) is 0 Å². The molecule has 18 heavy (non-hydrogen) atoms. The SMILES string of the molecule is CCC(Br)(Br)P(c1ccccc1)c1ccccc1. The lowest BCUT2D eigenvalue weighted by molar-refractivity contribution is 1.03. The first-order chi connectivity index (χ1) is 8.65. The molecule has 2 aromatic rings. The molecule has 0 atom stereocenters. The topological polar surface area (TPSA) is 0 Å². The molecule has 94 valence electrons. The normalized spacial score (nSPS) is 11.8. The second kappa shape index (κ2) is 6.32. The minimum Gasteiger partial charge on any atom is -0.0669 e. The zero-order valence-electron chi connectivity index (χ0n) is 10.2. The summed E-state index contributed by atoms with van der Waals surface area (Å²) in [7, 11) is -0.461. The predicted molar refractivity (Wildman–Crippen MR) is 89.9 cm³/mol. The first-order valence-corrected chi connectivity index (χ1v) is 8.86. The van der Waals surface area contributed by atoms with Crippen molar-refractivity contribution in [1.82, 2.24) is 0 Å². The van der Waals surface area contributed by atoms with Crippen molar-refractivity contribution < 1.29 is 0 Å². The van der Waals surface area contributed by atoms with E-state index in [1.165, 1.54) is 10.6 Å². The van der Waals surface area contributed by atoms with Crippen molar-refractivity contribution in [3.63, 3.8) is 0 Å². The third-order valence-electron chi connectivity index (χ3n) is 2.78. The Kier molecular flexibility index (Phi) is 5.00. The van der Waals surface area contributed by atoms with Crippen LogP contribution in [0.5, 0.6) is 0 Å². The van der Waals surface area contributed by atoms with Crippen LogP contribution in [0.4, 0.5) is 0 Å². The van der Waals surface area contributed by atoms with E-state index in [-0.39, 0.29) is 2.97 Å². The van der Waals surface area contributed by atoms with Crippen molar-refractivity contribution >= 4 is 50.4 Å². The molecule has 0 radical (unpaired) electrons. The molecule has 0 N–H and O–H groups in total. The van der Waals surface area contributed by atoms with Crippen LogP contribution < -0.4 is 10.6 Å². The summed E-state index contributed by atoms with van der Waals surface area (Å²) in [6.07, 6.45) is 1.03. The molecule has 0 aliphatic rings. The van der Waals surface area contributed by atoms with Crippen LogP contribution in [0.2, 0.25) is 0 Å². The van der Waals surface area contributed by atoms with Crippen molar-refractivity contribution in [2.75, 3.05) is 0 Å². The van der Waals surface area contributed by atoms with Crippen molar-refractivity contribution in [2.24, 2.45) is 0 Å². The highest BCUT2D eigenvalue weighted by atomic mass is 79.9. The summed E-state index contributed by atoms with van der Waals surface area (Å²) in [5.41, 5.74) is 0. The van der Waals surface area contributed by atoms with Gasteiger partial charge >= 0.3 is 0 Å². The maximum atomic E-state index is 3.87. The van der Waals surface area contributed by atoms with Crippen LogP contribution in [0.3, 0.4) is 0 Å². The molecule has 0 saturated carbocycles. The summed E-state index contributed by atoms with van der Waals surface area (Å²) < 4.78 is -0.0436. The molecule has 0 aliphatic heterocycles. The van der Waals surface area contributed by atoms with Crippen LogP contribution in [-0.2, 0) is 0 Å². The largest absolute Gasteiger partial charge is 0.107 e. The lowest BCUT2D eigenvalue weighted by Gasteiger charge is -2.31. The highest BCUT2D eigenvalue weighted by Gasteiger charge is 2.33. The maximum Gasteiger partial charge on any atom is 0.107 e. The van der Waals surface area contributed by atoms with E-state index in [2.05, 4.69) is 99.4 Å². The van der Waals surface area contributed by atoms with Gasteiger partial charge in [-0.2, -0.15) is 0 Å². The van der Waals surface area contributed by atoms with Crippen molar-refractivity contribution in [3.8, 4) is 0 Å². The van der Waals surface area contributed by atoms with Gasteiger partial charge in [0.25, 0.3) is 0 Å². The molecule has 0 nitrogen and oxygen atoms in total. The van der Waals surface area contributed by atoms with Crippen LogP contribution in [0.15, 0.2) is 60.7 Å². The monoisotopic (exact) mass is 384 g/mol. The number of hydrogen-bond acceptors (Lipinski definition) is 0. The highest BCUT2D eigenvalue weighted by molar-refractivity contribution is 9.27. The van der Waals surface area contributed by atoms with Gasteiger partial charge in [0.1, 0.15) is 2.97 Å². The average Bonchev–Trinajstić information content (AvgIpc) is 2.41. The van der Waals surface area contributed by atoms with Crippen LogP contribution in [-0.4, -0.2) is 2.97 Å². The molecule has 0 aromatic heterocycles. The fourth-order valence-corrected chi connectivity index (χ4v) is 6.61. The van der Waals surface area contributed by atoms with Crippen molar-refractivity contribution in [1.29, 1.82) is 0 Å². The standard InChI is InChI=1S/C15H15Br2P/c1-2-15(16,17)18(13-9-5-3-6-10-13)14-11-7-4-8-12-14/h3-12H,2H2,1H3. The van der Waals surface area contributed by atoms with Crippen molar-refractivity contribution in [2.45, 2.75) is 16.3 Å². The Morgan fingerprint density at radius 1 is 0.833 bits per heavy atom. The van der Waals surface area contributed by atoms with E-state index >= 15 is 0 Å². The number of hydrogen-bond donors (Lipinski definition) is 0. The van der Waals surface area contributed by atoms with Crippen molar-refractivity contribution in [3.05, 3.63) is 60.7 Å². The average molecular weight is 386 g/mol. The van der Waals surface area contributed by atoms with Crippen LogP contribution in [0, 0.1) is 0 Å². The lowest BCUT2D eigenvalue weighted by atomic mass is 10.4. The Hall–Kier alpha value is -0.170. The van der Waals surface area contributed by atoms with Gasteiger partial charge in [-0.3, -0.25) is 0 Å². The van der Waals surface area contributed by atoms with E-state index in [1.54, 1.807) is 0 Å². The number of alkyl halides is 2. The molecule has 0 saturated heterocycles. The molecule has 3 heteroatoms. The first kappa shape index (κ1) is 14.2. The summed E-state index contributed by atoms with van der Waals surface area (Å²) in [4.78, 5) is 0. The van der Waals surface area contributed by atoms with Crippen LogP contribution in [0.1, 0.15) is 13.3 Å². The Balaban J connectivity index is 2.49. The molecule has 0 unspecified atom stereocenters. The zero-order chi connectivity index (χ0) is 13.0. The predicted octanol–water partition coefficient (Wildman–Crippen LogP) is 4.97. The summed E-state index contributed by atoms with van der Waals surface area (Å²) in [6, 6.07) is 21.4. The van der Waals surface area contributed by atoms with Gasteiger partial charge in [0.2, 0.25) is 0 Å². The van der Waals surface area contributed by atoms with Gasteiger partial charge < -0.3 is 0 Å². The van der Waals surface area contributed by atoms with Crippen LogP contribution >= 0.6 is 39.8 Å². The molecule has 0 heterocycles. The third-order valence-corrected chi connectivity index (χ3v) is 8.63. The fraction of sp³-hybridized carbons (Fsp3) is 0.200. The Morgan fingerprint density at radius 2 is 1.22 bits per heavy atom. The quantitative estimate of drug-likeness (QED) is 0.514. The molecular formula is C15H15Br2P. The zero-order valence-corrected chi connectivity index (χ0v) is 14.3. The Morgan fingerprint density at radius 3 is 1.56 bits per heavy atom. The third kappa shape index (κ3) is 3.23. The Labute approximate surface area is 127 Å². The van der Waals surface area contributed by atoms with Crippen LogP contribution in [0.25, 0.3) is 0 Å². The van der Waals surface area contributed by atoms with Gasteiger partial charge in [-0.15, -0.1) is 0 Å².